The second kappa shape index (κ2) is 9.32. The molecule has 2 aromatic carbocycles. The lowest BCUT2D eigenvalue weighted by molar-refractivity contribution is -0.142. The summed E-state index contributed by atoms with van der Waals surface area (Å²) in [6.45, 7) is 5.63. The summed E-state index contributed by atoms with van der Waals surface area (Å²) >= 11 is 0. The van der Waals surface area contributed by atoms with E-state index in [2.05, 4.69) is 9.68 Å². The van der Waals surface area contributed by atoms with E-state index in [0.29, 0.717) is 4.90 Å². The van der Waals surface area contributed by atoms with E-state index in [4.69, 9.17) is 9.47 Å². The predicted molar refractivity (Wildman–Crippen MR) is 123 cm³/mol. The molecule has 172 valence electrons. The van der Waals surface area contributed by atoms with Crippen molar-refractivity contribution in [2.45, 2.75) is 48.5 Å². The number of rotatable bonds is 6. The van der Waals surface area contributed by atoms with E-state index in [1.165, 1.54) is 14.2 Å². The van der Waals surface area contributed by atoms with E-state index < -0.39 is 44.6 Å². The first-order valence-corrected chi connectivity index (χ1v) is 12.1. The third kappa shape index (κ3) is 4.11. The molecule has 7 nitrogen and oxygen atoms in total. The van der Waals surface area contributed by atoms with Gasteiger partial charge in [-0.1, -0.05) is 62.4 Å². The number of hydrogen-bond acceptors (Lipinski definition) is 6. The van der Waals surface area contributed by atoms with Crippen LogP contribution in [-0.4, -0.2) is 47.3 Å². The zero-order chi connectivity index (χ0) is 23.5. The Labute approximate surface area is 189 Å². The van der Waals surface area contributed by atoms with Gasteiger partial charge in [0.25, 0.3) is 0 Å². The Hall–Kier alpha value is -2.87. The van der Waals surface area contributed by atoms with Gasteiger partial charge in [0.05, 0.1) is 22.4 Å². The highest BCUT2D eigenvalue weighted by atomic mass is 32.2. The molecule has 0 bridgehead atoms. The number of nitrogens with zero attached hydrogens (tertiary/aromatic N) is 1. The van der Waals surface area contributed by atoms with Crippen molar-refractivity contribution in [3.63, 3.8) is 0 Å². The van der Waals surface area contributed by atoms with Gasteiger partial charge in [-0.25, -0.2) is 13.4 Å². The Bertz CT molecular complexity index is 1080. The first kappa shape index (κ1) is 23.8. The zero-order valence-electron chi connectivity index (χ0n) is 19.0. The molecule has 1 amide bonds. The lowest BCUT2D eigenvalue weighted by atomic mass is 9.71. The fourth-order valence-corrected chi connectivity index (χ4v) is 7.05. The minimum absolute atomic E-state index is 0.0600. The molecule has 1 aliphatic rings. The zero-order valence-corrected chi connectivity index (χ0v) is 19.8. The van der Waals surface area contributed by atoms with Crippen LogP contribution >= 0.6 is 0 Å². The summed E-state index contributed by atoms with van der Waals surface area (Å²) in [5, 5.41) is 1.56. The normalized spacial score (nSPS) is 25.8. The first-order chi connectivity index (χ1) is 15.2. The van der Waals surface area contributed by atoms with Crippen molar-refractivity contribution < 1.29 is 23.3 Å². The van der Waals surface area contributed by atoms with Gasteiger partial charge in [0.15, 0.2) is 5.25 Å². The van der Waals surface area contributed by atoms with Crippen LogP contribution in [0.3, 0.4) is 0 Å². The molecule has 1 unspecified atom stereocenters. The van der Waals surface area contributed by atoms with Gasteiger partial charge >= 0.3 is 12.1 Å². The molecule has 0 radical (unpaired) electrons. The van der Waals surface area contributed by atoms with Crippen LogP contribution in [0.1, 0.15) is 32.3 Å². The number of cyclic esters (lactones) is 1. The van der Waals surface area contributed by atoms with Crippen molar-refractivity contribution in [1.29, 1.82) is 0 Å². The molecular formula is C24H30N2O5S. The third-order valence-electron chi connectivity index (χ3n) is 6.04. The van der Waals surface area contributed by atoms with Crippen LogP contribution in [0, 0.1) is 5.92 Å². The van der Waals surface area contributed by atoms with Crippen LogP contribution in [0.5, 0.6) is 0 Å². The summed E-state index contributed by atoms with van der Waals surface area (Å²) < 4.78 is 29.5. The molecule has 5 atom stereocenters. The Morgan fingerprint density at radius 3 is 2.19 bits per heavy atom. The summed E-state index contributed by atoms with van der Waals surface area (Å²) in [7, 11) is -0.677. The molecule has 0 aromatic heterocycles. The monoisotopic (exact) mass is 458 g/mol. The molecule has 32 heavy (non-hydrogen) atoms. The Kier molecular flexibility index (Phi) is 6.93. The van der Waals surface area contributed by atoms with Gasteiger partial charge in [-0.05, 0) is 30.5 Å². The minimum atomic E-state index is -3.35. The van der Waals surface area contributed by atoms with Gasteiger partial charge in [0, 0.05) is 17.9 Å². The highest BCUT2D eigenvalue weighted by Gasteiger charge is 2.59. The first-order valence-electron chi connectivity index (χ1n) is 10.5. The van der Waals surface area contributed by atoms with Crippen LogP contribution < -0.4 is 5.32 Å². The second-order valence-corrected chi connectivity index (χ2v) is 10.8. The number of amides is 1. The maximum atomic E-state index is 14.5. The molecule has 0 aliphatic carbocycles. The summed E-state index contributed by atoms with van der Waals surface area (Å²) in [4.78, 5) is 26.4. The Morgan fingerprint density at radius 1 is 1.12 bits per heavy atom. The molecule has 0 spiro atoms. The average molecular weight is 459 g/mol. The van der Waals surface area contributed by atoms with E-state index in [1.54, 1.807) is 37.3 Å². The summed E-state index contributed by atoms with van der Waals surface area (Å²) in [6, 6.07) is 18.1. The number of carbonyl (C=O) groups is 2. The van der Waals surface area contributed by atoms with Gasteiger partial charge in [0.1, 0.15) is 6.10 Å². The molecule has 1 fully saturated rings. The highest BCUT2D eigenvalue weighted by molar-refractivity contribution is 7.95. The number of hydrogen-bond donors (Lipinski definition) is 1. The molecule has 2 aromatic rings. The fraction of sp³-hybridized carbons (Fsp3) is 0.417. The summed E-state index contributed by atoms with van der Waals surface area (Å²) in [5.74, 6) is -1.26. The molecule has 3 rings (SSSR count). The highest BCUT2D eigenvalue weighted by Crippen LogP contribution is 2.44. The number of nitrogens with one attached hydrogen (secondary N) is 1. The number of esters is 1. The van der Waals surface area contributed by atoms with Gasteiger partial charge in [-0.3, -0.25) is 4.79 Å². The lowest BCUT2D eigenvalue weighted by Gasteiger charge is -2.50. The minimum Gasteiger partial charge on any atom is -0.468 e. The average Bonchev–Trinajstić information content (AvgIpc) is 2.79. The number of alkyl carbamates (subject to hydrolysis) is 1. The topological polar surface area (TPSA) is 94.1 Å². The Balaban J connectivity index is 2.32. The van der Waals surface area contributed by atoms with E-state index in [-0.39, 0.29) is 5.92 Å². The van der Waals surface area contributed by atoms with Crippen molar-refractivity contribution in [3.05, 3.63) is 66.2 Å². The van der Waals surface area contributed by atoms with Crippen molar-refractivity contribution in [2.75, 3.05) is 14.2 Å². The van der Waals surface area contributed by atoms with Crippen molar-refractivity contribution >= 4 is 21.8 Å². The predicted octanol–water partition coefficient (Wildman–Crippen LogP) is 3.99. The number of methoxy groups -OCH3 is 1. The quantitative estimate of drug-likeness (QED) is 0.661. The van der Waals surface area contributed by atoms with E-state index >= 15 is 0 Å². The SMILES string of the molecule is CN=S(=O)(c1ccccc1)[C@H](C(=O)OC)[C@@]1(C)NC(=O)O[C@@H](C(C)C)[C@@H]1c1ccccc1. The number of carbonyl (C=O) groups excluding carboxylic acids is 2. The smallest absolute Gasteiger partial charge is 0.407 e. The standard InChI is InChI=1S/C24H30N2O5S/c1-16(2)20-19(17-12-8-6-9-13-17)24(3,26-23(28)31-20)21(22(27)30-5)32(29,25-4)18-14-10-7-11-15-18/h6-16,19-21H,1-5H3,(H,26,28)/t19-,20-,21+,24-,32?/m0/s1. The molecular weight excluding hydrogens is 428 g/mol. The van der Waals surface area contributed by atoms with Gasteiger partial charge in [-0.2, -0.15) is 0 Å². The maximum absolute atomic E-state index is 14.5. The van der Waals surface area contributed by atoms with Gasteiger partial charge < -0.3 is 14.8 Å². The van der Waals surface area contributed by atoms with E-state index in [9.17, 15) is 13.8 Å². The summed E-state index contributed by atoms with van der Waals surface area (Å²) in [6.07, 6.45) is -1.22. The molecule has 1 saturated heterocycles. The van der Waals surface area contributed by atoms with Crippen LogP contribution in [0.4, 0.5) is 4.79 Å². The number of ether oxygens (including phenoxy) is 2. The maximum Gasteiger partial charge on any atom is 0.407 e. The van der Waals surface area contributed by atoms with Crippen LogP contribution in [-0.2, 0) is 24.0 Å². The van der Waals surface area contributed by atoms with Crippen LogP contribution in [0.15, 0.2) is 69.9 Å². The van der Waals surface area contributed by atoms with Crippen LogP contribution in [0.25, 0.3) is 0 Å². The van der Waals surface area contributed by atoms with Crippen molar-refractivity contribution in [1.82, 2.24) is 5.32 Å². The van der Waals surface area contributed by atoms with Gasteiger partial charge in [-0.15, -0.1) is 0 Å². The third-order valence-corrected chi connectivity index (χ3v) is 8.85. The molecule has 1 N–H and O–H groups in total. The summed E-state index contributed by atoms with van der Waals surface area (Å²) in [5.41, 5.74) is -0.459. The fourth-order valence-electron chi connectivity index (χ4n) is 4.58. The second-order valence-electron chi connectivity index (χ2n) is 8.38. The number of benzene rings is 2. The molecule has 1 heterocycles. The van der Waals surface area contributed by atoms with Crippen molar-refractivity contribution in [3.8, 4) is 0 Å². The lowest BCUT2D eigenvalue weighted by Crippen LogP contribution is -2.69. The van der Waals surface area contributed by atoms with Crippen molar-refractivity contribution in [2.24, 2.45) is 10.3 Å². The molecule has 1 aliphatic heterocycles. The van der Waals surface area contributed by atoms with E-state index in [0.717, 1.165) is 5.56 Å². The van der Waals surface area contributed by atoms with Crippen LogP contribution in [0.2, 0.25) is 0 Å². The largest absolute Gasteiger partial charge is 0.468 e. The van der Waals surface area contributed by atoms with E-state index in [1.807, 2.05) is 44.2 Å². The molecule has 8 heteroatoms. The Morgan fingerprint density at radius 2 is 1.69 bits per heavy atom. The molecule has 0 saturated carbocycles. The van der Waals surface area contributed by atoms with Gasteiger partial charge in [0.2, 0.25) is 0 Å².